The molecule has 1 aromatic carbocycles. The van der Waals surface area contributed by atoms with E-state index in [0.29, 0.717) is 0 Å². The van der Waals surface area contributed by atoms with Crippen LogP contribution in [0.3, 0.4) is 0 Å². The van der Waals surface area contributed by atoms with Crippen LogP contribution in [0.4, 0.5) is 0 Å². The highest BCUT2D eigenvalue weighted by Gasteiger charge is 2.31. The van der Waals surface area contributed by atoms with Crippen LogP contribution in [-0.4, -0.2) is 5.54 Å². The fraction of sp³-hybridized carbons (Fsp3) is 0.647. The highest BCUT2D eigenvalue weighted by atomic mass is 14.7. The zero-order valence-corrected chi connectivity index (χ0v) is 11.9. The van der Waals surface area contributed by atoms with Crippen molar-refractivity contribution >= 4 is 0 Å². The smallest absolute Gasteiger partial charge is 0.0195 e. The topological polar surface area (TPSA) is 26.0 Å². The molecule has 0 unspecified atom stereocenters. The fourth-order valence-electron chi connectivity index (χ4n) is 3.31. The Hall–Kier alpha value is -0.820. The molecule has 1 fully saturated rings. The van der Waals surface area contributed by atoms with Crippen LogP contribution in [0.2, 0.25) is 0 Å². The molecule has 1 nitrogen and oxygen atoms in total. The second kappa shape index (κ2) is 5.88. The first kappa shape index (κ1) is 13.6. The lowest BCUT2D eigenvalue weighted by Gasteiger charge is -2.37. The van der Waals surface area contributed by atoms with E-state index in [2.05, 4.69) is 38.1 Å². The van der Waals surface area contributed by atoms with Gasteiger partial charge in [-0.2, -0.15) is 0 Å². The van der Waals surface area contributed by atoms with Crippen LogP contribution in [-0.2, 0) is 6.42 Å². The molecule has 2 N–H and O–H groups in total. The van der Waals surface area contributed by atoms with Gasteiger partial charge in [-0.05, 0) is 56.1 Å². The zero-order chi connectivity index (χ0) is 13.0. The first-order chi connectivity index (χ1) is 8.63. The normalized spacial score (nSPS) is 28.3. The number of rotatable bonds is 4. The van der Waals surface area contributed by atoms with Crippen LogP contribution >= 0.6 is 0 Å². The molecule has 0 aliphatic heterocycles. The van der Waals surface area contributed by atoms with Crippen molar-refractivity contribution in [3.05, 3.63) is 35.4 Å². The third-order valence-corrected chi connectivity index (χ3v) is 4.60. The Kier molecular flexibility index (Phi) is 4.45. The molecule has 1 aliphatic rings. The van der Waals surface area contributed by atoms with Crippen molar-refractivity contribution in [1.82, 2.24) is 0 Å². The van der Waals surface area contributed by atoms with Crippen molar-refractivity contribution in [2.75, 3.05) is 0 Å². The van der Waals surface area contributed by atoms with E-state index in [4.69, 9.17) is 5.73 Å². The summed E-state index contributed by atoms with van der Waals surface area (Å²) in [5, 5.41) is 0. The molecule has 1 saturated carbocycles. The molecule has 18 heavy (non-hydrogen) atoms. The van der Waals surface area contributed by atoms with E-state index in [9.17, 15) is 0 Å². The maximum atomic E-state index is 6.62. The molecule has 0 saturated heterocycles. The molecule has 2 rings (SSSR count). The Balaban J connectivity index is 1.96. The number of benzene rings is 1. The summed E-state index contributed by atoms with van der Waals surface area (Å²) in [5.41, 5.74) is 9.50. The van der Waals surface area contributed by atoms with Gasteiger partial charge in [-0.1, -0.05) is 44.0 Å². The van der Waals surface area contributed by atoms with Crippen molar-refractivity contribution in [2.45, 2.75) is 64.3 Å². The van der Waals surface area contributed by atoms with Crippen LogP contribution in [0.15, 0.2) is 24.3 Å². The van der Waals surface area contributed by atoms with Crippen LogP contribution in [0.5, 0.6) is 0 Å². The summed E-state index contributed by atoms with van der Waals surface area (Å²) in [6.45, 7) is 4.49. The first-order valence-electron chi connectivity index (χ1n) is 7.46. The summed E-state index contributed by atoms with van der Waals surface area (Å²) in [4.78, 5) is 0. The molecule has 1 heteroatoms. The summed E-state index contributed by atoms with van der Waals surface area (Å²) in [6.07, 6.45) is 8.82. The highest BCUT2D eigenvalue weighted by Crippen LogP contribution is 2.35. The molecule has 0 heterocycles. The lowest BCUT2D eigenvalue weighted by molar-refractivity contribution is 0.223. The van der Waals surface area contributed by atoms with Crippen molar-refractivity contribution in [3.8, 4) is 0 Å². The minimum absolute atomic E-state index is 0.0519. The Labute approximate surface area is 112 Å². The minimum atomic E-state index is 0.0519. The molecule has 0 spiro atoms. The molecule has 0 amide bonds. The van der Waals surface area contributed by atoms with Gasteiger partial charge in [0.15, 0.2) is 0 Å². The Morgan fingerprint density at radius 2 is 1.89 bits per heavy atom. The van der Waals surface area contributed by atoms with E-state index < -0.39 is 0 Å². The molecule has 1 aromatic rings. The Morgan fingerprint density at radius 1 is 1.22 bits per heavy atom. The number of nitrogens with two attached hydrogens (primary N) is 1. The van der Waals surface area contributed by atoms with Gasteiger partial charge < -0.3 is 5.73 Å². The van der Waals surface area contributed by atoms with Crippen LogP contribution in [0.25, 0.3) is 0 Å². The molecule has 0 radical (unpaired) electrons. The summed E-state index contributed by atoms with van der Waals surface area (Å²) in [7, 11) is 0. The van der Waals surface area contributed by atoms with Gasteiger partial charge in [0.2, 0.25) is 0 Å². The molecule has 0 atom stereocenters. The standard InChI is InChI=1S/C17H27N/c1-3-6-15-9-11-17(18,12-10-15)13-16-8-5-4-7-14(16)2/h4-5,7-8,15H,3,6,9-13,18H2,1-2H3. The van der Waals surface area contributed by atoms with Crippen molar-refractivity contribution in [2.24, 2.45) is 11.7 Å². The quantitative estimate of drug-likeness (QED) is 0.844. The molecular formula is C17H27N. The molecular weight excluding hydrogens is 218 g/mol. The zero-order valence-electron chi connectivity index (χ0n) is 11.9. The molecule has 100 valence electrons. The Morgan fingerprint density at radius 3 is 2.50 bits per heavy atom. The summed E-state index contributed by atoms with van der Waals surface area (Å²) in [5.74, 6) is 0.934. The SMILES string of the molecule is CCCC1CCC(N)(Cc2ccccc2C)CC1. The van der Waals surface area contributed by atoms with E-state index in [1.165, 1.54) is 49.7 Å². The number of aryl methyl sites for hydroxylation is 1. The second-order valence-corrected chi connectivity index (χ2v) is 6.20. The second-order valence-electron chi connectivity index (χ2n) is 6.20. The van der Waals surface area contributed by atoms with Gasteiger partial charge in [0.25, 0.3) is 0 Å². The summed E-state index contributed by atoms with van der Waals surface area (Å²) in [6, 6.07) is 8.68. The van der Waals surface area contributed by atoms with E-state index in [1.807, 2.05) is 0 Å². The van der Waals surface area contributed by atoms with E-state index in [1.54, 1.807) is 0 Å². The third kappa shape index (κ3) is 3.35. The van der Waals surface area contributed by atoms with Gasteiger partial charge in [-0.15, -0.1) is 0 Å². The van der Waals surface area contributed by atoms with Gasteiger partial charge in [0, 0.05) is 5.54 Å². The average Bonchev–Trinajstić information content (AvgIpc) is 2.36. The van der Waals surface area contributed by atoms with Crippen LogP contribution < -0.4 is 5.73 Å². The first-order valence-corrected chi connectivity index (χ1v) is 7.46. The summed E-state index contributed by atoms with van der Waals surface area (Å²) >= 11 is 0. The molecule has 1 aliphatic carbocycles. The van der Waals surface area contributed by atoms with Crippen molar-refractivity contribution in [3.63, 3.8) is 0 Å². The third-order valence-electron chi connectivity index (χ3n) is 4.60. The Bertz CT molecular complexity index is 375. The van der Waals surface area contributed by atoms with Gasteiger partial charge in [-0.3, -0.25) is 0 Å². The van der Waals surface area contributed by atoms with Gasteiger partial charge >= 0.3 is 0 Å². The van der Waals surface area contributed by atoms with Crippen molar-refractivity contribution < 1.29 is 0 Å². The van der Waals surface area contributed by atoms with Crippen molar-refractivity contribution in [1.29, 1.82) is 0 Å². The predicted molar refractivity (Wildman–Crippen MR) is 78.7 cm³/mol. The maximum Gasteiger partial charge on any atom is 0.0195 e. The fourth-order valence-corrected chi connectivity index (χ4v) is 3.31. The molecule has 0 bridgehead atoms. The monoisotopic (exact) mass is 245 g/mol. The van der Waals surface area contributed by atoms with E-state index in [-0.39, 0.29) is 5.54 Å². The number of hydrogen-bond donors (Lipinski definition) is 1. The lowest BCUT2D eigenvalue weighted by atomic mass is 9.73. The van der Waals surface area contributed by atoms with Gasteiger partial charge in [0.05, 0.1) is 0 Å². The lowest BCUT2D eigenvalue weighted by Crippen LogP contribution is -2.45. The van der Waals surface area contributed by atoms with E-state index in [0.717, 1.165) is 12.3 Å². The van der Waals surface area contributed by atoms with Crippen LogP contribution in [0.1, 0.15) is 56.6 Å². The van der Waals surface area contributed by atoms with Crippen LogP contribution in [0, 0.1) is 12.8 Å². The maximum absolute atomic E-state index is 6.62. The highest BCUT2D eigenvalue weighted by molar-refractivity contribution is 5.27. The predicted octanol–water partition coefficient (Wildman–Crippen LogP) is 4.23. The number of hydrogen-bond acceptors (Lipinski definition) is 1. The van der Waals surface area contributed by atoms with E-state index >= 15 is 0 Å². The molecule has 0 aromatic heterocycles. The largest absolute Gasteiger partial charge is 0.325 e. The van der Waals surface area contributed by atoms with Gasteiger partial charge in [-0.25, -0.2) is 0 Å². The van der Waals surface area contributed by atoms with Gasteiger partial charge in [0.1, 0.15) is 0 Å². The summed E-state index contributed by atoms with van der Waals surface area (Å²) < 4.78 is 0. The average molecular weight is 245 g/mol. The minimum Gasteiger partial charge on any atom is -0.325 e.